The van der Waals surface area contributed by atoms with E-state index in [0.717, 1.165) is 52.7 Å². The molecule has 0 saturated carbocycles. The Morgan fingerprint density at radius 2 is 1.79 bits per heavy atom. The molecule has 0 aliphatic heterocycles. The zero-order chi connectivity index (χ0) is 31.6. The predicted molar refractivity (Wildman–Crippen MR) is 177 cm³/mol. The molecule has 1 unspecified atom stereocenters. The van der Waals surface area contributed by atoms with Crippen LogP contribution in [0.4, 0.5) is 9.18 Å². The van der Waals surface area contributed by atoms with Crippen LogP contribution in [0.1, 0.15) is 68.4 Å². The van der Waals surface area contributed by atoms with Crippen molar-refractivity contribution < 1.29 is 14.3 Å². The highest BCUT2D eigenvalue weighted by molar-refractivity contribution is 5.77. The fourth-order valence-electron chi connectivity index (χ4n) is 4.33. The van der Waals surface area contributed by atoms with Crippen molar-refractivity contribution in [1.82, 2.24) is 4.90 Å². The summed E-state index contributed by atoms with van der Waals surface area (Å²) >= 11 is 0. The standard InChI is InChI=1S/C23H28FNO2.C15H15N/c1-3-4-6-19-7-5-8-21(16-19)17-25(23(26)27)14-13-18(2)15-20-9-11-22(24)12-10-20;1-4-5-6-12(2)13(3)15-9-7-14(11-16)8-10-15/h4-12,16,18H,3,13-15,17H2,1-2H3,(H,26,27);4-10H,3H2,1-2H3/b6-4+;5-4-,12-6+. The van der Waals surface area contributed by atoms with E-state index in [9.17, 15) is 14.3 Å². The molecule has 1 amide bonds. The lowest BCUT2D eigenvalue weighted by Gasteiger charge is -2.21. The lowest BCUT2D eigenvalue weighted by atomic mass is 9.98. The van der Waals surface area contributed by atoms with Gasteiger partial charge in [-0.3, -0.25) is 0 Å². The molecule has 0 fully saturated rings. The number of hydrogen-bond donors (Lipinski definition) is 1. The van der Waals surface area contributed by atoms with E-state index in [1.165, 1.54) is 17.0 Å². The number of allylic oxidation sites excluding steroid dienone is 6. The van der Waals surface area contributed by atoms with E-state index in [4.69, 9.17) is 5.26 Å². The second-order valence-corrected chi connectivity index (χ2v) is 10.5. The van der Waals surface area contributed by atoms with Gasteiger partial charge in [0.2, 0.25) is 0 Å². The van der Waals surface area contributed by atoms with E-state index < -0.39 is 6.09 Å². The molecule has 3 aromatic rings. The van der Waals surface area contributed by atoms with Crippen LogP contribution in [-0.2, 0) is 13.0 Å². The van der Waals surface area contributed by atoms with Crippen molar-refractivity contribution >= 4 is 17.7 Å². The van der Waals surface area contributed by atoms with Crippen molar-refractivity contribution in [3.8, 4) is 6.07 Å². The zero-order valence-electron chi connectivity index (χ0n) is 25.8. The van der Waals surface area contributed by atoms with Gasteiger partial charge < -0.3 is 10.0 Å². The lowest BCUT2D eigenvalue weighted by molar-refractivity contribution is 0.139. The van der Waals surface area contributed by atoms with E-state index in [1.807, 2.05) is 80.6 Å². The monoisotopic (exact) mass is 578 g/mol. The molecule has 43 heavy (non-hydrogen) atoms. The minimum Gasteiger partial charge on any atom is -0.465 e. The maximum Gasteiger partial charge on any atom is 0.407 e. The highest BCUT2D eigenvalue weighted by Crippen LogP contribution is 2.21. The highest BCUT2D eigenvalue weighted by Gasteiger charge is 2.14. The molecule has 0 saturated heterocycles. The number of hydrogen-bond acceptors (Lipinski definition) is 2. The van der Waals surface area contributed by atoms with Crippen molar-refractivity contribution in [2.45, 2.75) is 53.5 Å². The fraction of sp³-hybridized carbons (Fsp3) is 0.263. The smallest absolute Gasteiger partial charge is 0.407 e. The summed E-state index contributed by atoms with van der Waals surface area (Å²) in [4.78, 5) is 13.1. The third kappa shape index (κ3) is 12.8. The normalized spacial score (nSPS) is 12.0. The first kappa shape index (κ1) is 34.5. The van der Waals surface area contributed by atoms with Crippen LogP contribution in [0.5, 0.6) is 0 Å². The molecule has 0 heterocycles. The number of amides is 1. The van der Waals surface area contributed by atoms with Crippen molar-refractivity contribution in [2.75, 3.05) is 6.54 Å². The topological polar surface area (TPSA) is 64.3 Å². The summed E-state index contributed by atoms with van der Waals surface area (Å²) in [6.45, 7) is 13.1. The number of nitrogens with zero attached hydrogens (tertiary/aromatic N) is 2. The van der Waals surface area contributed by atoms with Crippen LogP contribution in [-0.4, -0.2) is 22.6 Å². The Morgan fingerprint density at radius 3 is 2.40 bits per heavy atom. The van der Waals surface area contributed by atoms with E-state index in [2.05, 4.69) is 38.6 Å². The van der Waals surface area contributed by atoms with Crippen molar-refractivity contribution in [3.63, 3.8) is 0 Å². The number of benzene rings is 3. The predicted octanol–water partition coefficient (Wildman–Crippen LogP) is 10.1. The lowest BCUT2D eigenvalue weighted by Crippen LogP contribution is -2.31. The van der Waals surface area contributed by atoms with Gasteiger partial charge in [0, 0.05) is 13.1 Å². The van der Waals surface area contributed by atoms with Crippen LogP contribution in [0.2, 0.25) is 0 Å². The summed E-state index contributed by atoms with van der Waals surface area (Å²) in [5.41, 5.74) is 6.99. The molecule has 0 spiro atoms. The Morgan fingerprint density at radius 1 is 1.09 bits per heavy atom. The second kappa shape index (κ2) is 18.7. The van der Waals surface area contributed by atoms with E-state index in [-0.39, 0.29) is 5.82 Å². The number of carbonyl (C=O) groups is 1. The molecule has 5 heteroatoms. The van der Waals surface area contributed by atoms with Crippen LogP contribution in [0.3, 0.4) is 0 Å². The SMILES string of the molecule is C=C(/C(C)=C/C=C\C)c1ccc(C#N)cc1.CC/C=C/c1cccc(CN(CCC(C)Cc2ccc(F)cc2)C(=O)O)c1. The van der Waals surface area contributed by atoms with E-state index >= 15 is 0 Å². The maximum absolute atomic E-state index is 13.0. The summed E-state index contributed by atoms with van der Waals surface area (Å²) < 4.78 is 13.0. The second-order valence-electron chi connectivity index (χ2n) is 10.5. The minimum absolute atomic E-state index is 0.237. The summed E-state index contributed by atoms with van der Waals surface area (Å²) in [5.74, 6) is 0.0793. The van der Waals surface area contributed by atoms with Gasteiger partial charge in [-0.05, 0) is 103 Å². The number of carboxylic acid groups (broad SMARTS) is 1. The molecular weight excluding hydrogens is 535 g/mol. The van der Waals surface area contributed by atoms with Gasteiger partial charge >= 0.3 is 6.09 Å². The van der Waals surface area contributed by atoms with Crippen molar-refractivity contribution in [1.29, 1.82) is 5.26 Å². The van der Waals surface area contributed by atoms with Crippen molar-refractivity contribution in [2.24, 2.45) is 5.92 Å². The Bertz CT molecular complexity index is 1440. The van der Waals surface area contributed by atoms with Crippen LogP contribution >= 0.6 is 0 Å². The molecule has 224 valence electrons. The molecule has 1 atom stereocenters. The van der Waals surface area contributed by atoms with Crippen LogP contribution in [0.25, 0.3) is 11.6 Å². The van der Waals surface area contributed by atoms with Gasteiger partial charge in [-0.2, -0.15) is 5.26 Å². The molecular formula is C38H43FN2O2. The number of rotatable bonds is 12. The first-order chi connectivity index (χ1) is 20.7. The first-order valence-electron chi connectivity index (χ1n) is 14.6. The molecule has 0 aliphatic carbocycles. The van der Waals surface area contributed by atoms with Crippen LogP contribution in [0.15, 0.2) is 109 Å². The summed E-state index contributed by atoms with van der Waals surface area (Å²) in [6, 6.07) is 24.0. The number of nitriles is 1. The molecule has 4 nitrogen and oxygen atoms in total. The quantitative estimate of drug-likeness (QED) is 0.218. The molecule has 0 bridgehead atoms. The number of halogens is 1. The van der Waals surface area contributed by atoms with Crippen LogP contribution < -0.4 is 0 Å². The average molecular weight is 579 g/mol. The van der Waals surface area contributed by atoms with Crippen molar-refractivity contribution in [3.05, 3.63) is 143 Å². The third-order valence-electron chi connectivity index (χ3n) is 6.91. The molecule has 1 N–H and O–H groups in total. The molecule has 0 aliphatic rings. The Kier molecular flexibility index (Phi) is 15.0. The Hall–Kier alpha value is -4.69. The van der Waals surface area contributed by atoms with Crippen LogP contribution in [0, 0.1) is 23.1 Å². The summed E-state index contributed by atoms with van der Waals surface area (Å²) in [7, 11) is 0. The van der Waals surface area contributed by atoms with Gasteiger partial charge in [-0.15, -0.1) is 0 Å². The maximum atomic E-state index is 13.0. The molecule has 3 rings (SSSR count). The first-order valence-corrected chi connectivity index (χ1v) is 14.6. The summed E-state index contributed by atoms with van der Waals surface area (Å²) in [5, 5.41) is 18.2. The van der Waals surface area contributed by atoms with E-state index in [1.54, 1.807) is 12.1 Å². The molecule has 3 aromatic carbocycles. The van der Waals surface area contributed by atoms with Gasteiger partial charge in [-0.1, -0.05) is 93.3 Å². The van der Waals surface area contributed by atoms with Gasteiger partial charge in [0.05, 0.1) is 11.6 Å². The van der Waals surface area contributed by atoms with Gasteiger partial charge in [0.25, 0.3) is 0 Å². The zero-order valence-corrected chi connectivity index (χ0v) is 25.8. The van der Waals surface area contributed by atoms with Gasteiger partial charge in [-0.25, -0.2) is 9.18 Å². The minimum atomic E-state index is -0.904. The fourth-order valence-corrected chi connectivity index (χ4v) is 4.33. The molecule has 0 radical (unpaired) electrons. The largest absolute Gasteiger partial charge is 0.465 e. The third-order valence-corrected chi connectivity index (χ3v) is 6.91. The average Bonchev–Trinajstić information content (AvgIpc) is 3.02. The Balaban J connectivity index is 0.000000344. The van der Waals surface area contributed by atoms with Gasteiger partial charge in [0.1, 0.15) is 5.82 Å². The highest BCUT2D eigenvalue weighted by atomic mass is 19.1. The Labute approximate surface area is 256 Å². The van der Waals surface area contributed by atoms with E-state index in [0.29, 0.717) is 24.6 Å². The summed E-state index contributed by atoms with van der Waals surface area (Å²) in [6.07, 6.45) is 11.8. The molecule has 0 aromatic heterocycles. The van der Waals surface area contributed by atoms with Gasteiger partial charge in [0.15, 0.2) is 0 Å².